The lowest BCUT2D eigenvalue weighted by Gasteiger charge is -2.38. The molecule has 172 valence electrons. The molecule has 0 spiro atoms. The average molecular weight is 461 g/mol. The number of ether oxygens (including phenoxy) is 1. The van der Waals surface area contributed by atoms with Gasteiger partial charge in [-0.05, 0) is 43.9 Å². The number of oxazole rings is 1. The van der Waals surface area contributed by atoms with E-state index in [1.165, 1.54) is 36.7 Å². The minimum atomic E-state index is -4.48. The topological polar surface area (TPSA) is 68.5 Å². The monoisotopic (exact) mass is 461 g/mol. The first-order valence-electron chi connectivity index (χ1n) is 10.4. The number of aromatic nitrogens is 2. The summed E-state index contributed by atoms with van der Waals surface area (Å²) >= 11 is 0. The van der Waals surface area contributed by atoms with E-state index in [0.717, 1.165) is 12.3 Å². The molecule has 10 heteroatoms. The number of likely N-dealkylation sites (tertiary alicyclic amines) is 1. The van der Waals surface area contributed by atoms with Crippen LogP contribution in [0.4, 0.5) is 17.6 Å². The van der Waals surface area contributed by atoms with E-state index in [2.05, 4.69) is 9.97 Å². The number of piperidine rings is 1. The molecule has 33 heavy (non-hydrogen) atoms. The van der Waals surface area contributed by atoms with E-state index in [1.807, 2.05) is 6.92 Å². The van der Waals surface area contributed by atoms with E-state index in [0.29, 0.717) is 12.8 Å². The number of hydrogen-bond acceptors (Lipinski definition) is 5. The van der Waals surface area contributed by atoms with Gasteiger partial charge in [0.05, 0.1) is 28.9 Å². The smallest absolute Gasteiger partial charge is 0.417 e. The molecular formula is C23H19F4N3O3. The number of carbonyl (C=O) groups is 1. The number of halogens is 4. The van der Waals surface area contributed by atoms with E-state index in [1.54, 1.807) is 4.90 Å². The second-order valence-electron chi connectivity index (χ2n) is 8.29. The number of rotatable bonds is 4. The summed E-state index contributed by atoms with van der Waals surface area (Å²) in [5, 5.41) is 0. The summed E-state index contributed by atoms with van der Waals surface area (Å²) in [6.45, 7) is 1.93. The standard InChI is InChI=1S/C23H19F4N3O3/c1-12-13-9-17(18(10-13)33-19-6-5-14(11-29-19)23(25,26)27)30(12)22(31)15-3-2-4-16(24)20(15)21-28-7-8-32-21/h2-8,11-13,17-18H,9-10H2,1H3/t12?,13?,17-,18+/m0/s1. The van der Waals surface area contributed by atoms with Crippen molar-refractivity contribution in [3.05, 3.63) is 65.9 Å². The Hall–Kier alpha value is -3.43. The first-order chi connectivity index (χ1) is 15.7. The predicted octanol–water partition coefficient (Wildman–Crippen LogP) is 4.97. The highest BCUT2D eigenvalue weighted by atomic mass is 19.4. The van der Waals surface area contributed by atoms with E-state index in [4.69, 9.17) is 9.15 Å². The van der Waals surface area contributed by atoms with Gasteiger partial charge in [0.15, 0.2) is 0 Å². The maximum atomic E-state index is 14.6. The lowest BCUT2D eigenvalue weighted by atomic mass is 9.97. The zero-order valence-electron chi connectivity index (χ0n) is 17.4. The fourth-order valence-corrected chi connectivity index (χ4v) is 4.87. The summed E-state index contributed by atoms with van der Waals surface area (Å²) in [6, 6.07) is 5.88. The first kappa shape index (κ1) is 21.4. The molecule has 1 aliphatic carbocycles. The molecule has 0 radical (unpaired) electrons. The van der Waals surface area contributed by atoms with Crippen LogP contribution in [-0.4, -0.2) is 39.0 Å². The van der Waals surface area contributed by atoms with Crippen molar-refractivity contribution < 1.29 is 31.5 Å². The fraction of sp³-hybridized carbons (Fsp3) is 0.348. The van der Waals surface area contributed by atoms with Crippen LogP contribution >= 0.6 is 0 Å². The lowest BCUT2D eigenvalue weighted by molar-refractivity contribution is -0.137. The average Bonchev–Trinajstić information content (AvgIpc) is 3.50. The van der Waals surface area contributed by atoms with Crippen LogP contribution in [-0.2, 0) is 6.18 Å². The van der Waals surface area contributed by atoms with Crippen LogP contribution in [0.3, 0.4) is 0 Å². The van der Waals surface area contributed by atoms with Crippen molar-refractivity contribution in [3.63, 3.8) is 0 Å². The van der Waals surface area contributed by atoms with E-state index in [9.17, 15) is 22.4 Å². The normalized spacial score (nSPS) is 24.3. The third-order valence-electron chi connectivity index (χ3n) is 6.45. The highest BCUT2D eigenvalue weighted by Crippen LogP contribution is 2.45. The fourth-order valence-electron chi connectivity index (χ4n) is 4.87. The molecule has 1 saturated carbocycles. The molecule has 4 atom stereocenters. The molecule has 6 nitrogen and oxygen atoms in total. The number of alkyl halides is 3. The lowest BCUT2D eigenvalue weighted by Crippen LogP contribution is -2.51. The Morgan fingerprint density at radius 1 is 1.18 bits per heavy atom. The van der Waals surface area contributed by atoms with Crippen LogP contribution < -0.4 is 4.74 Å². The number of pyridine rings is 1. The van der Waals surface area contributed by atoms with Crippen molar-refractivity contribution >= 4 is 5.91 Å². The highest BCUT2D eigenvalue weighted by Gasteiger charge is 2.53. The van der Waals surface area contributed by atoms with Crippen molar-refractivity contribution in [2.45, 2.75) is 44.1 Å². The maximum absolute atomic E-state index is 14.6. The summed E-state index contributed by atoms with van der Waals surface area (Å²) in [5.41, 5.74) is -0.744. The van der Waals surface area contributed by atoms with Gasteiger partial charge < -0.3 is 14.1 Å². The van der Waals surface area contributed by atoms with Gasteiger partial charge in [0.2, 0.25) is 11.8 Å². The van der Waals surface area contributed by atoms with Gasteiger partial charge in [-0.15, -0.1) is 0 Å². The van der Waals surface area contributed by atoms with E-state index >= 15 is 0 Å². The third kappa shape index (κ3) is 3.73. The van der Waals surface area contributed by atoms with E-state index < -0.39 is 23.7 Å². The zero-order chi connectivity index (χ0) is 23.3. The van der Waals surface area contributed by atoms with Crippen LogP contribution in [0.25, 0.3) is 11.5 Å². The van der Waals surface area contributed by atoms with Gasteiger partial charge in [0, 0.05) is 18.3 Å². The largest absolute Gasteiger partial charge is 0.472 e. The molecule has 2 bridgehead atoms. The number of hydrogen-bond donors (Lipinski definition) is 0. The quantitative estimate of drug-likeness (QED) is 0.514. The van der Waals surface area contributed by atoms with Crippen molar-refractivity contribution in [1.29, 1.82) is 0 Å². The zero-order valence-corrected chi connectivity index (χ0v) is 17.4. The van der Waals surface area contributed by atoms with Crippen LogP contribution in [0, 0.1) is 11.7 Å². The Labute approximate surface area is 186 Å². The molecule has 2 unspecified atom stereocenters. The summed E-state index contributed by atoms with van der Waals surface area (Å²) in [6.07, 6.45) is -0.186. The minimum absolute atomic E-state index is 0.00946. The molecule has 3 heterocycles. The van der Waals surface area contributed by atoms with Crippen molar-refractivity contribution in [1.82, 2.24) is 14.9 Å². The molecule has 1 saturated heterocycles. The summed E-state index contributed by atoms with van der Waals surface area (Å²) in [4.78, 5) is 23.0. The molecule has 5 rings (SSSR count). The summed E-state index contributed by atoms with van der Waals surface area (Å²) in [5.74, 6) is -0.780. The molecule has 1 amide bonds. The van der Waals surface area contributed by atoms with Crippen LogP contribution in [0.1, 0.15) is 35.7 Å². The van der Waals surface area contributed by atoms with Crippen LogP contribution in [0.5, 0.6) is 5.88 Å². The molecule has 2 fully saturated rings. The minimum Gasteiger partial charge on any atom is -0.472 e. The molecule has 3 aromatic rings. The number of benzene rings is 1. The Kier molecular flexibility index (Phi) is 5.10. The third-order valence-corrected chi connectivity index (χ3v) is 6.45. The molecule has 0 N–H and O–H groups in total. The van der Waals surface area contributed by atoms with E-state index in [-0.39, 0.29) is 46.8 Å². The van der Waals surface area contributed by atoms with Gasteiger partial charge in [-0.1, -0.05) is 6.07 Å². The Morgan fingerprint density at radius 3 is 2.64 bits per heavy atom. The van der Waals surface area contributed by atoms with Gasteiger partial charge in [-0.2, -0.15) is 13.2 Å². The Bertz CT molecular complexity index is 1160. The molecule has 2 aliphatic rings. The molecule has 1 aromatic carbocycles. The molecule has 1 aliphatic heterocycles. The van der Waals surface area contributed by atoms with Gasteiger partial charge in [-0.3, -0.25) is 4.79 Å². The van der Waals surface area contributed by atoms with Gasteiger partial charge in [0.1, 0.15) is 18.2 Å². The molecule has 2 aromatic heterocycles. The van der Waals surface area contributed by atoms with Gasteiger partial charge >= 0.3 is 6.18 Å². The second kappa shape index (κ2) is 7.86. The van der Waals surface area contributed by atoms with Crippen LogP contribution in [0.2, 0.25) is 0 Å². The predicted molar refractivity (Wildman–Crippen MR) is 108 cm³/mol. The summed E-state index contributed by atoms with van der Waals surface area (Å²) < 4.78 is 64.1. The maximum Gasteiger partial charge on any atom is 0.417 e. The molecular weight excluding hydrogens is 442 g/mol. The van der Waals surface area contributed by atoms with Crippen molar-refractivity contribution in [3.8, 4) is 17.3 Å². The number of nitrogens with zero attached hydrogens (tertiary/aromatic N) is 3. The highest BCUT2D eigenvalue weighted by molar-refractivity contribution is 6.00. The first-order valence-corrected chi connectivity index (χ1v) is 10.4. The Balaban J connectivity index is 1.40. The van der Waals surface area contributed by atoms with Gasteiger partial charge in [-0.25, -0.2) is 14.4 Å². The number of fused-ring (bicyclic) bond motifs is 2. The SMILES string of the molecule is CC1C2C[C@@H](Oc3ccc(C(F)(F)F)cn3)[C@H](C2)N1C(=O)c1cccc(F)c1-c1ncco1. The van der Waals surface area contributed by atoms with Crippen LogP contribution in [0.15, 0.2) is 53.4 Å². The van der Waals surface area contributed by atoms with Gasteiger partial charge in [0.25, 0.3) is 5.91 Å². The second-order valence-corrected chi connectivity index (χ2v) is 8.29. The number of carbonyl (C=O) groups excluding carboxylic acids is 1. The summed E-state index contributed by atoms with van der Waals surface area (Å²) in [7, 11) is 0. The number of amides is 1. The van der Waals surface area contributed by atoms with Crippen molar-refractivity contribution in [2.24, 2.45) is 5.92 Å². The van der Waals surface area contributed by atoms with Crippen molar-refractivity contribution in [2.75, 3.05) is 0 Å². The Morgan fingerprint density at radius 2 is 2.00 bits per heavy atom.